The molecule has 0 radical (unpaired) electrons. The van der Waals surface area contributed by atoms with E-state index < -0.39 is 0 Å². The smallest absolute Gasteiger partial charge is 0.223 e. The summed E-state index contributed by atoms with van der Waals surface area (Å²) in [6.45, 7) is 0.799. The fourth-order valence-electron chi connectivity index (χ4n) is 2.84. The zero-order valence-electron chi connectivity index (χ0n) is 8.09. The number of hydrogen-bond acceptors (Lipinski definition) is 1. The van der Waals surface area contributed by atoms with E-state index in [1.807, 2.05) is 12.2 Å². The first-order chi connectivity index (χ1) is 7.13. The Morgan fingerprint density at radius 3 is 2.73 bits per heavy atom. The van der Waals surface area contributed by atoms with Crippen LogP contribution in [-0.4, -0.2) is 12.5 Å². The van der Waals surface area contributed by atoms with Gasteiger partial charge in [0.2, 0.25) is 5.91 Å². The maximum Gasteiger partial charge on any atom is 0.223 e. The highest BCUT2D eigenvalue weighted by atomic mass is 35.5. The van der Waals surface area contributed by atoms with Gasteiger partial charge in [-0.1, -0.05) is 35.4 Å². The van der Waals surface area contributed by atoms with Crippen LogP contribution in [0.25, 0.3) is 0 Å². The van der Waals surface area contributed by atoms with Gasteiger partial charge in [-0.2, -0.15) is 0 Å². The number of halogens is 2. The quantitative estimate of drug-likeness (QED) is 0.753. The summed E-state index contributed by atoms with van der Waals surface area (Å²) in [5, 5.41) is 4.19. The molecule has 1 aliphatic heterocycles. The molecule has 0 aromatic carbocycles. The third-order valence-electron chi connectivity index (χ3n) is 3.89. The van der Waals surface area contributed by atoms with Crippen LogP contribution in [0.3, 0.4) is 0 Å². The van der Waals surface area contributed by atoms with Crippen molar-refractivity contribution < 1.29 is 4.79 Å². The van der Waals surface area contributed by atoms with Crippen LogP contribution < -0.4 is 5.32 Å². The Labute approximate surface area is 98.3 Å². The fraction of sp³-hybridized carbons (Fsp3) is 0.545. The second-order valence-electron chi connectivity index (χ2n) is 4.62. The van der Waals surface area contributed by atoms with Crippen molar-refractivity contribution in [3.05, 3.63) is 22.2 Å². The molecule has 0 aromatic rings. The molecule has 3 atom stereocenters. The van der Waals surface area contributed by atoms with E-state index in [4.69, 9.17) is 23.2 Å². The van der Waals surface area contributed by atoms with Crippen molar-refractivity contribution in [2.75, 3.05) is 6.54 Å². The molecule has 1 N–H and O–H groups in total. The third-order valence-corrected chi connectivity index (χ3v) is 4.68. The minimum Gasteiger partial charge on any atom is -0.355 e. The minimum atomic E-state index is 0.144. The van der Waals surface area contributed by atoms with Gasteiger partial charge in [-0.3, -0.25) is 4.79 Å². The largest absolute Gasteiger partial charge is 0.355 e. The number of carbonyl (C=O) groups excluding carboxylic acids is 1. The molecule has 1 amide bonds. The number of nitrogens with one attached hydrogen (secondary N) is 1. The van der Waals surface area contributed by atoms with Gasteiger partial charge in [-0.15, -0.1) is 0 Å². The first-order valence-corrected chi connectivity index (χ1v) is 5.90. The normalized spacial score (nSPS) is 42.9. The average molecular weight is 244 g/mol. The van der Waals surface area contributed by atoms with Gasteiger partial charge in [0.25, 0.3) is 0 Å². The number of piperidine rings is 1. The molecule has 80 valence electrons. The van der Waals surface area contributed by atoms with Crippen LogP contribution in [0.5, 0.6) is 0 Å². The molecule has 1 unspecified atom stereocenters. The molecule has 4 heteroatoms. The van der Waals surface area contributed by atoms with Crippen molar-refractivity contribution in [1.29, 1.82) is 0 Å². The standard InChI is InChI=1S/C11H11Cl2NO/c12-8-2-1-6(3-9(8)13)11-4-7(11)10(15)14-5-11/h2-3,6-7H,1,4-5H2,(H,14,15)/t6?,7-,11+/m1/s1. The molecule has 2 aliphatic carbocycles. The number of allylic oxidation sites excluding steroid dienone is 4. The number of fused-ring (bicyclic) bond motifs is 1. The molecule has 1 saturated carbocycles. The van der Waals surface area contributed by atoms with Gasteiger partial charge in [0.15, 0.2) is 0 Å². The topological polar surface area (TPSA) is 29.1 Å². The summed E-state index contributed by atoms with van der Waals surface area (Å²) < 4.78 is 0. The van der Waals surface area contributed by atoms with Crippen LogP contribution in [-0.2, 0) is 4.79 Å². The molecule has 15 heavy (non-hydrogen) atoms. The Kier molecular flexibility index (Phi) is 1.96. The molecule has 2 nitrogen and oxygen atoms in total. The lowest BCUT2D eigenvalue weighted by molar-refractivity contribution is -0.120. The lowest BCUT2D eigenvalue weighted by Gasteiger charge is -2.23. The zero-order chi connectivity index (χ0) is 10.6. The van der Waals surface area contributed by atoms with Crippen LogP contribution in [0, 0.1) is 17.3 Å². The van der Waals surface area contributed by atoms with E-state index in [2.05, 4.69) is 5.32 Å². The van der Waals surface area contributed by atoms with E-state index in [1.165, 1.54) is 0 Å². The highest BCUT2D eigenvalue weighted by Crippen LogP contribution is 2.62. The molecule has 1 saturated heterocycles. The monoisotopic (exact) mass is 243 g/mol. The average Bonchev–Trinajstić information content (AvgIpc) is 2.88. The Morgan fingerprint density at radius 2 is 2.20 bits per heavy atom. The van der Waals surface area contributed by atoms with E-state index >= 15 is 0 Å². The molecule has 1 heterocycles. The van der Waals surface area contributed by atoms with Crippen LogP contribution >= 0.6 is 23.2 Å². The van der Waals surface area contributed by atoms with Crippen LogP contribution in [0.15, 0.2) is 22.2 Å². The Morgan fingerprint density at radius 1 is 1.40 bits per heavy atom. The Balaban J connectivity index is 1.85. The number of hydrogen-bond donors (Lipinski definition) is 1. The summed E-state index contributed by atoms with van der Waals surface area (Å²) in [5.74, 6) is 0.796. The fourth-order valence-corrected chi connectivity index (χ4v) is 3.22. The van der Waals surface area contributed by atoms with Gasteiger partial charge >= 0.3 is 0 Å². The van der Waals surface area contributed by atoms with Crippen LogP contribution in [0.2, 0.25) is 0 Å². The van der Waals surface area contributed by atoms with Gasteiger partial charge in [0.05, 0.1) is 10.1 Å². The van der Waals surface area contributed by atoms with Gasteiger partial charge in [-0.25, -0.2) is 0 Å². The maximum absolute atomic E-state index is 11.4. The van der Waals surface area contributed by atoms with E-state index in [0.717, 1.165) is 19.4 Å². The second-order valence-corrected chi connectivity index (χ2v) is 5.43. The molecule has 3 rings (SSSR count). The SMILES string of the molecule is O=C1NC[C@]2(C3C=C(Cl)C(Cl)=CC3)C[C@H]12. The lowest BCUT2D eigenvalue weighted by Crippen LogP contribution is -2.25. The van der Waals surface area contributed by atoms with Crippen molar-refractivity contribution in [3.8, 4) is 0 Å². The van der Waals surface area contributed by atoms with Crippen molar-refractivity contribution in [3.63, 3.8) is 0 Å². The molecule has 0 bridgehead atoms. The lowest BCUT2D eigenvalue weighted by atomic mass is 9.83. The summed E-state index contributed by atoms with van der Waals surface area (Å²) >= 11 is 11.9. The van der Waals surface area contributed by atoms with Gasteiger partial charge in [0.1, 0.15) is 0 Å². The van der Waals surface area contributed by atoms with E-state index in [0.29, 0.717) is 16.0 Å². The number of carbonyl (C=O) groups is 1. The summed E-state index contributed by atoms with van der Waals surface area (Å²) in [6, 6.07) is 0. The summed E-state index contributed by atoms with van der Waals surface area (Å²) in [7, 11) is 0. The molecule has 0 aromatic heterocycles. The predicted octanol–water partition coefficient (Wildman–Crippen LogP) is 2.39. The van der Waals surface area contributed by atoms with Gasteiger partial charge in [0, 0.05) is 17.9 Å². The molecule has 0 spiro atoms. The van der Waals surface area contributed by atoms with Crippen molar-refractivity contribution in [2.24, 2.45) is 17.3 Å². The molecule has 2 fully saturated rings. The van der Waals surface area contributed by atoms with Crippen LogP contribution in [0.1, 0.15) is 12.8 Å². The van der Waals surface area contributed by atoms with E-state index in [-0.39, 0.29) is 17.2 Å². The first-order valence-electron chi connectivity index (χ1n) is 5.14. The summed E-state index contributed by atoms with van der Waals surface area (Å²) in [4.78, 5) is 11.4. The van der Waals surface area contributed by atoms with Crippen molar-refractivity contribution in [2.45, 2.75) is 12.8 Å². The second kappa shape index (κ2) is 3.02. The van der Waals surface area contributed by atoms with Crippen molar-refractivity contribution >= 4 is 29.1 Å². The number of rotatable bonds is 1. The molecule has 3 aliphatic rings. The highest BCUT2D eigenvalue weighted by molar-refractivity contribution is 6.44. The third kappa shape index (κ3) is 1.28. The number of amides is 1. The Bertz CT molecular complexity index is 401. The molecular weight excluding hydrogens is 233 g/mol. The van der Waals surface area contributed by atoms with Crippen molar-refractivity contribution in [1.82, 2.24) is 5.32 Å². The highest BCUT2D eigenvalue weighted by Gasteiger charge is 2.65. The maximum atomic E-state index is 11.4. The predicted molar refractivity (Wildman–Crippen MR) is 59.5 cm³/mol. The van der Waals surface area contributed by atoms with Crippen LogP contribution in [0.4, 0.5) is 0 Å². The zero-order valence-corrected chi connectivity index (χ0v) is 9.61. The summed E-state index contributed by atoms with van der Waals surface area (Å²) in [6.07, 6.45) is 5.89. The van der Waals surface area contributed by atoms with Gasteiger partial charge in [-0.05, 0) is 18.8 Å². The van der Waals surface area contributed by atoms with E-state index in [9.17, 15) is 4.79 Å². The van der Waals surface area contributed by atoms with Gasteiger partial charge < -0.3 is 5.32 Å². The Hall–Kier alpha value is -0.470. The minimum absolute atomic E-state index is 0.144. The molecular formula is C11H11Cl2NO. The summed E-state index contributed by atoms with van der Waals surface area (Å²) in [5.41, 5.74) is 0.144. The van der Waals surface area contributed by atoms with E-state index in [1.54, 1.807) is 0 Å². The first kappa shape index (κ1) is 9.73.